The van der Waals surface area contributed by atoms with Crippen LogP contribution in [0.1, 0.15) is 19.3 Å². The molecular formula is C18H27N5O3. The minimum atomic E-state index is -0.779. The lowest BCUT2D eigenvalue weighted by atomic mass is 10.1. The van der Waals surface area contributed by atoms with Gasteiger partial charge in [0.25, 0.3) is 0 Å². The fourth-order valence-corrected chi connectivity index (χ4v) is 4.29. The smallest absolute Gasteiger partial charge is 0.317 e. The largest absolute Gasteiger partial charge is 0.480 e. The zero-order valence-electron chi connectivity index (χ0n) is 15.1. The van der Waals surface area contributed by atoms with E-state index in [1.807, 2.05) is 4.90 Å². The van der Waals surface area contributed by atoms with Crippen LogP contribution in [0.3, 0.4) is 0 Å². The Morgan fingerprint density at radius 3 is 2.62 bits per heavy atom. The molecule has 0 amide bonds. The fraction of sp³-hybridized carbons (Fsp3) is 0.722. The van der Waals surface area contributed by atoms with Gasteiger partial charge in [-0.3, -0.25) is 9.69 Å². The summed E-state index contributed by atoms with van der Waals surface area (Å²) in [6, 6.07) is 2.17. The van der Waals surface area contributed by atoms with E-state index in [4.69, 9.17) is 4.74 Å². The van der Waals surface area contributed by atoms with Crippen molar-refractivity contribution < 1.29 is 14.6 Å². The second-order valence-electron chi connectivity index (χ2n) is 7.57. The molecule has 1 aromatic rings. The molecule has 3 saturated heterocycles. The van der Waals surface area contributed by atoms with Gasteiger partial charge >= 0.3 is 5.97 Å². The molecular weight excluding hydrogens is 334 g/mol. The first kappa shape index (κ1) is 17.5. The number of carboxylic acid groups (broad SMARTS) is 1. The first-order valence-electron chi connectivity index (χ1n) is 9.54. The molecule has 0 unspecified atom stereocenters. The van der Waals surface area contributed by atoms with Gasteiger partial charge in [-0.1, -0.05) is 0 Å². The molecule has 26 heavy (non-hydrogen) atoms. The van der Waals surface area contributed by atoms with E-state index in [9.17, 15) is 9.90 Å². The van der Waals surface area contributed by atoms with Crippen LogP contribution in [0.4, 0.5) is 11.6 Å². The Bertz CT molecular complexity index is 637. The highest BCUT2D eigenvalue weighted by Crippen LogP contribution is 2.26. The summed E-state index contributed by atoms with van der Waals surface area (Å²) in [5.74, 6) is 1.45. The van der Waals surface area contributed by atoms with Gasteiger partial charge in [-0.15, -0.1) is 0 Å². The molecule has 0 saturated carbocycles. The zero-order valence-corrected chi connectivity index (χ0v) is 15.1. The Balaban J connectivity index is 1.53. The normalized spacial score (nSPS) is 27.2. The SMILES string of the molecule is O=C(O)CN1C[C@H]2COC[C@@H]1CN(c1cc(N3CCCCC3)ncn1)C2. The number of rotatable bonds is 4. The van der Waals surface area contributed by atoms with Gasteiger partial charge < -0.3 is 19.6 Å². The van der Waals surface area contributed by atoms with Crippen LogP contribution in [-0.4, -0.2) is 84.5 Å². The molecule has 4 heterocycles. The second kappa shape index (κ2) is 7.75. The average Bonchev–Trinajstić information content (AvgIpc) is 2.92. The van der Waals surface area contributed by atoms with E-state index in [2.05, 4.69) is 25.8 Å². The predicted octanol–water partition coefficient (Wildman–Crippen LogP) is 0.689. The van der Waals surface area contributed by atoms with Gasteiger partial charge in [0.1, 0.15) is 18.0 Å². The van der Waals surface area contributed by atoms with E-state index >= 15 is 0 Å². The second-order valence-corrected chi connectivity index (χ2v) is 7.57. The number of nitrogens with zero attached hydrogens (tertiary/aromatic N) is 5. The molecule has 3 aliphatic rings. The predicted molar refractivity (Wildman–Crippen MR) is 97.6 cm³/mol. The summed E-state index contributed by atoms with van der Waals surface area (Å²) in [6.07, 6.45) is 5.39. The molecule has 0 radical (unpaired) electrons. The highest BCUT2D eigenvalue weighted by molar-refractivity contribution is 5.69. The summed E-state index contributed by atoms with van der Waals surface area (Å²) >= 11 is 0. The monoisotopic (exact) mass is 361 g/mol. The summed E-state index contributed by atoms with van der Waals surface area (Å²) in [5, 5.41) is 9.22. The van der Waals surface area contributed by atoms with Crippen LogP contribution in [-0.2, 0) is 9.53 Å². The number of hydrogen-bond acceptors (Lipinski definition) is 7. The van der Waals surface area contributed by atoms with E-state index < -0.39 is 5.97 Å². The summed E-state index contributed by atoms with van der Waals surface area (Å²) < 4.78 is 5.77. The van der Waals surface area contributed by atoms with Crippen molar-refractivity contribution in [2.24, 2.45) is 5.92 Å². The molecule has 3 aliphatic heterocycles. The molecule has 2 atom stereocenters. The maximum absolute atomic E-state index is 11.2. The van der Waals surface area contributed by atoms with Gasteiger partial charge in [0.15, 0.2) is 0 Å². The number of fused-ring (bicyclic) bond motifs is 3. The Kier molecular flexibility index (Phi) is 5.21. The van der Waals surface area contributed by atoms with Gasteiger partial charge in [-0.25, -0.2) is 9.97 Å². The fourth-order valence-electron chi connectivity index (χ4n) is 4.29. The number of ether oxygens (including phenoxy) is 1. The summed E-state index contributed by atoms with van der Waals surface area (Å²) in [5.41, 5.74) is 0. The molecule has 8 nitrogen and oxygen atoms in total. The Labute approximate surface area is 153 Å². The van der Waals surface area contributed by atoms with Gasteiger partial charge in [-0.05, 0) is 19.3 Å². The van der Waals surface area contributed by atoms with Crippen molar-refractivity contribution in [2.45, 2.75) is 25.3 Å². The number of hydrogen-bond donors (Lipinski definition) is 1. The highest BCUT2D eigenvalue weighted by Gasteiger charge is 2.34. The Morgan fingerprint density at radius 1 is 1.08 bits per heavy atom. The van der Waals surface area contributed by atoms with Crippen LogP contribution in [0, 0.1) is 5.92 Å². The first-order chi connectivity index (χ1) is 12.7. The summed E-state index contributed by atoms with van der Waals surface area (Å²) in [4.78, 5) is 26.9. The first-order valence-corrected chi connectivity index (χ1v) is 9.54. The molecule has 2 bridgehead atoms. The van der Waals surface area contributed by atoms with Crippen molar-refractivity contribution in [3.05, 3.63) is 12.4 Å². The van der Waals surface area contributed by atoms with Crippen molar-refractivity contribution in [3.63, 3.8) is 0 Å². The quantitative estimate of drug-likeness (QED) is 0.839. The third kappa shape index (κ3) is 3.91. The lowest BCUT2D eigenvalue weighted by molar-refractivity contribution is -0.138. The number of carbonyl (C=O) groups is 1. The van der Waals surface area contributed by atoms with Crippen molar-refractivity contribution in [1.29, 1.82) is 0 Å². The zero-order chi connectivity index (χ0) is 17.9. The number of carboxylic acids is 1. The Morgan fingerprint density at radius 2 is 1.85 bits per heavy atom. The summed E-state index contributed by atoms with van der Waals surface area (Å²) in [6.45, 7) is 5.77. The van der Waals surface area contributed by atoms with E-state index in [0.717, 1.165) is 44.4 Å². The van der Waals surface area contributed by atoms with Crippen molar-refractivity contribution in [3.8, 4) is 0 Å². The molecule has 1 N–H and O–H groups in total. The Hall–Kier alpha value is -1.93. The van der Waals surface area contributed by atoms with Crippen LogP contribution in [0.25, 0.3) is 0 Å². The topological polar surface area (TPSA) is 82.0 Å². The molecule has 0 aromatic carbocycles. The third-order valence-electron chi connectivity index (χ3n) is 5.56. The van der Waals surface area contributed by atoms with Gasteiger partial charge in [0, 0.05) is 44.7 Å². The minimum absolute atomic E-state index is 0.0706. The van der Waals surface area contributed by atoms with Crippen LogP contribution >= 0.6 is 0 Å². The minimum Gasteiger partial charge on any atom is -0.480 e. The third-order valence-corrected chi connectivity index (χ3v) is 5.56. The van der Waals surface area contributed by atoms with E-state index in [1.54, 1.807) is 6.33 Å². The van der Waals surface area contributed by atoms with E-state index in [-0.39, 0.29) is 18.5 Å². The van der Waals surface area contributed by atoms with Gasteiger partial charge in [0.05, 0.1) is 25.8 Å². The van der Waals surface area contributed by atoms with Crippen LogP contribution in [0.15, 0.2) is 12.4 Å². The lowest BCUT2D eigenvalue weighted by Gasteiger charge is -2.32. The van der Waals surface area contributed by atoms with Crippen LogP contribution in [0.2, 0.25) is 0 Å². The maximum atomic E-state index is 11.2. The van der Waals surface area contributed by atoms with E-state index in [0.29, 0.717) is 13.2 Å². The molecule has 142 valence electrons. The molecule has 1 aromatic heterocycles. The number of aliphatic carboxylic acids is 1. The van der Waals surface area contributed by atoms with Crippen LogP contribution < -0.4 is 9.80 Å². The summed E-state index contributed by atoms with van der Waals surface area (Å²) in [7, 11) is 0. The molecule has 0 spiro atoms. The lowest BCUT2D eigenvalue weighted by Crippen LogP contribution is -2.46. The molecule has 0 aliphatic carbocycles. The highest BCUT2D eigenvalue weighted by atomic mass is 16.5. The number of piperidine rings is 1. The van der Waals surface area contributed by atoms with Gasteiger partial charge in [0.2, 0.25) is 0 Å². The standard InChI is InChI=1S/C18H27N5O3/c24-18(25)10-22-7-14-8-23(9-15(22)12-26-11-14)17-6-16(19-13-20-17)21-4-2-1-3-5-21/h6,13-15H,1-5,7-12H2,(H,24,25)/t14-,15+/m1/s1. The van der Waals surface area contributed by atoms with Crippen molar-refractivity contribution in [1.82, 2.24) is 14.9 Å². The van der Waals surface area contributed by atoms with Crippen molar-refractivity contribution >= 4 is 17.6 Å². The van der Waals surface area contributed by atoms with Gasteiger partial charge in [-0.2, -0.15) is 0 Å². The van der Waals surface area contributed by atoms with Crippen molar-refractivity contribution in [2.75, 3.05) is 62.3 Å². The number of anilines is 2. The molecule has 3 fully saturated rings. The van der Waals surface area contributed by atoms with Crippen LogP contribution in [0.5, 0.6) is 0 Å². The molecule has 8 heteroatoms. The molecule has 4 rings (SSSR count). The maximum Gasteiger partial charge on any atom is 0.317 e. The number of aromatic nitrogens is 2. The van der Waals surface area contributed by atoms with E-state index in [1.165, 1.54) is 19.3 Å². The average molecular weight is 361 g/mol.